The topological polar surface area (TPSA) is 80.6 Å². The van der Waals surface area contributed by atoms with Crippen LogP contribution in [0.15, 0.2) is 29.4 Å². The lowest BCUT2D eigenvalue weighted by Gasteiger charge is -2.50. The third kappa shape index (κ3) is 4.19. The number of aliphatic imine (C=N–C) groups is 1. The Kier molecular flexibility index (Phi) is 6.32. The number of hydrogen-bond acceptors (Lipinski definition) is 6. The third-order valence-corrected chi connectivity index (χ3v) is 9.27. The van der Waals surface area contributed by atoms with Crippen molar-refractivity contribution in [1.29, 1.82) is 0 Å². The van der Waals surface area contributed by atoms with Crippen molar-refractivity contribution in [3.8, 4) is 5.75 Å². The van der Waals surface area contributed by atoms with Crippen LogP contribution in [0.2, 0.25) is 0 Å². The van der Waals surface area contributed by atoms with Gasteiger partial charge in [0.2, 0.25) is 5.91 Å². The van der Waals surface area contributed by atoms with Gasteiger partial charge in [0.15, 0.2) is 11.5 Å². The Morgan fingerprint density at radius 3 is 3.00 bits per heavy atom. The average Bonchev–Trinajstić information content (AvgIpc) is 3.35. The molecular formula is C27H33N3O3S. The molecule has 2 fully saturated rings. The van der Waals surface area contributed by atoms with E-state index in [4.69, 9.17) is 4.74 Å². The van der Waals surface area contributed by atoms with Crippen molar-refractivity contribution in [3.05, 3.63) is 40.4 Å². The predicted molar refractivity (Wildman–Crippen MR) is 135 cm³/mol. The Bertz CT molecular complexity index is 1130. The van der Waals surface area contributed by atoms with E-state index in [1.54, 1.807) is 13.2 Å². The molecule has 1 aromatic heterocycles. The number of anilines is 1. The molecule has 34 heavy (non-hydrogen) atoms. The van der Waals surface area contributed by atoms with Crippen molar-refractivity contribution in [2.45, 2.75) is 64.7 Å². The summed E-state index contributed by atoms with van der Waals surface area (Å²) in [6.45, 7) is 4.18. The van der Waals surface area contributed by atoms with Crippen molar-refractivity contribution in [2.75, 3.05) is 12.4 Å². The van der Waals surface area contributed by atoms with Crippen molar-refractivity contribution in [2.24, 2.45) is 28.2 Å². The molecule has 3 aliphatic carbocycles. The van der Waals surface area contributed by atoms with Crippen LogP contribution in [-0.2, 0) is 16.0 Å². The van der Waals surface area contributed by atoms with Crippen LogP contribution in [0.25, 0.3) is 0 Å². The van der Waals surface area contributed by atoms with Gasteiger partial charge in [0.1, 0.15) is 11.5 Å². The summed E-state index contributed by atoms with van der Waals surface area (Å²) in [6, 6.07) is 6.42. The fourth-order valence-corrected chi connectivity index (χ4v) is 7.66. The van der Waals surface area contributed by atoms with Crippen molar-refractivity contribution >= 4 is 34.6 Å². The summed E-state index contributed by atoms with van der Waals surface area (Å²) in [6.07, 6.45) is 9.17. The first kappa shape index (κ1) is 23.2. The number of carbonyl (C=O) groups is 2. The number of aryl methyl sites for hydroxylation is 2. The van der Waals surface area contributed by atoms with E-state index in [-0.39, 0.29) is 17.2 Å². The highest BCUT2D eigenvalue weighted by Crippen LogP contribution is 2.62. The number of hydrogen-bond donors (Lipinski definition) is 1. The van der Waals surface area contributed by atoms with Gasteiger partial charge in [0, 0.05) is 36.4 Å². The molecule has 2 saturated carbocycles. The minimum Gasteiger partial charge on any atom is -0.446 e. The van der Waals surface area contributed by atoms with Crippen LogP contribution < -0.4 is 10.1 Å². The number of aromatic nitrogens is 1. The zero-order valence-corrected chi connectivity index (χ0v) is 21.0. The maximum absolute atomic E-state index is 13.2. The minimum atomic E-state index is -0.243. The maximum atomic E-state index is 13.2. The highest BCUT2D eigenvalue weighted by Gasteiger charge is 2.58. The first-order chi connectivity index (χ1) is 16.4. The fourth-order valence-electron chi connectivity index (χ4n) is 6.98. The molecule has 5 rings (SSSR count). The zero-order valence-electron chi connectivity index (χ0n) is 20.2. The van der Waals surface area contributed by atoms with Gasteiger partial charge in [0.05, 0.1) is 0 Å². The summed E-state index contributed by atoms with van der Waals surface area (Å²) in [4.78, 5) is 35.0. The summed E-state index contributed by atoms with van der Waals surface area (Å²) >= 11 is 1.49. The quantitative estimate of drug-likeness (QED) is 0.435. The fraction of sp³-hybridized carbons (Fsp3) is 0.556. The van der Waals surface area contributed by atoms with Crippen LogP contribution in [0, 0.1) is 30.1 Å². The molecule has 7 heteroatoms. The summed E-state index contributed by atoms with van der Waals surface area (Å²) in [5.74, 6) is 2.85. The number of Topliss-reactive ketones (excluding diaryl/α,β-unsaturated/α-hetero) is 1. The lowest BCUT2D eigenvalue weighted by atomic mass is 9.54. The molecule has 0 radical (unpaired) electrons. The van der Waals surface area contributed by atoms with Gasteiger partial charge in [-0.15, -0.1) is 11.3 Å². The van der Waals surface area contributed by atoms with E-state index in [0.29, 0.717) is 41.5 Å². The van der Waals surface area contributed by atoms with Gasteiger partial charge in [-0.05, 0) is 86.0 Å². The molecule has 0 bridgehead atoms. The molecule has 1 N–H and O–H groups in total. The highest BCUT2D eigenvalue weighted by atomic mass is 32.1. The standard InChI is InChI=1S/C27H33N3O3S/c1-16-14-29-26(34-16)30-24(32)9-5-18-13-23(31)27(2)11-10-21-20-8-6-19(33-15-28-3)12-17(20)4-7-22(21)25(18)27/h6,8,12,14-15,18,21-22,25H,4-5,7,9-11,13H2,1-3H3,(H,29,30,32). The van der Waals surface area contributed by atoms with E-state index in [1.165, 1.54) is 28.9 Å². The van der Waals surface area contributed by atoms with Crippen LogP contribution in [0.4, 0.5) is 5.13 Å². The molecule has 5 unspecified atom stereocenters. The number of nitrogens with zero attached hydrogens (tertiary/aromatic N) is 2. The number of amides is 1. The van der Waals surface area contributed by atoms with Crippen LogP contribution >= 0.6 is 11.3 Å². The molecule has 5 atom stereocenters. The Morgan fingerprint density at radius 1 is 1.38 bits per heavy atom. The number of carbonyl (C=O) groups excluding carboxylic acids is 2. The Hall–Kier alpha value is -2.54. The van der Waals surface area contributed by atoms with Gasteiger partial charge in [-0.25, -0.2) is 4.98 Å². The molecule has 3 aliphatic rings. The maximum Gasteiger partial charge on any atom is 0.226 e. The SMILES string of the molecule is CN=COc1ccc2c(c1)CCC1C2CCC2(C)C(=O)CC(CCC(=O)Nc3ncc(C)s3)C12. The van der Waals surface area contributed by atoms with Gasteiger partial charge in [-0.1, -0.05) is 13.0 Å². The number of fused-ring (bicyclic) bond motifs is 5. The van der Waals surface area contributed by atoms with Gasteiger partial charge in [0.25, 0.3) is 0 Å². The van der Waals surface area contributed by atoms with E-state index in [1.807, 2.05) is 13.0 Å². The lowest BCUT2D eigenvalue weighted by molar-refractivity contribution is -0.129. The van der Waals surface area contributed by atoms with Crippen molar-refractivity contribution < 1.29 is 14.3 Å². The zero-order chi connectivity index (χ0) is 23.9. The number of rotatable bonds is 6. The second kappa shape index (κ2) is 9.25. The third-order valence-electron chi connectivity index (χ3n) is 8.45. The summed E-state index contributed by atoms with van der Waals surface area (Å²) in [5.41, 5.74) is 2.55. The molecule has 1 amide bonds. The largest absolute Gasteiger partial charge is 0.446 e. The van der Waals surface area contributed by atoms with Crippen LogP contribution in [-0.4, -0.2) is 30.1 Å². The smallest absolute Gasteiger partial charge is 0.226 e. The molecule has 1 heterocycles. The van der Waals surface area contributed by atoms with E-state index in [0.717, 1.165) is 42.7 Å². The molecular weight excluding hydrogens is 446 g/mol. The normalized spacial score (nSPS) is 30.0. The Morgan fingerprint density at radius 2 is 2.24 bits per heavy atom. The molecule has 0 saturated heterocycles. The van der Waals surface area contributed by atoms with Gasteiger partial charge >= 0.3 is 0 Å². The van der Waals surface area contributed by atoms with Gasteiger partial charge in [-0.3, -0.25) is 14.6 Å². The molecule has 6 nitrogen and oxygen atoms in total. The highest BCUT2D eigenvalue weighted by molar-refractivity contribution is 7.15. The average molecular weight is 480 g/mol. The summed E-state index contributed by atoms with van der Waals surface area (Å²) in [7, 11) is 1.70. The second-order valence-corrected chi connectivity index (χ2v) is 11.6. The molecule has 0 spiro atoms. The van der Waals surface area contributed by atoms with Crippen LogP contribution in [0.1, 0.15) is 67.4 Å². The monoisotopic (exact) mass is 479 g/mol. The number of ether oxygens (including phenoxy) is 1. The van der Waals surface area contributed by atoms with Crippen molar-refractivity contribution in [3.63, 3.8) is 0 Å². The van der Waals surface area contributed by atoms with Crippen LogP contribution in [0.3, 0.4) is 0 Å². The minimum absolute atomic E-state index is 0.0000932. The molecule has 0 aliphatic heterocycles. The summed E-state index contributed by atoms with van der Waals surface area (Å²) < 4.78 is 5.59. The number of ketones is 1. The number of benzene rings is 1. The Balaban J connectivity index is 1.32. The van der Waals surface area contributed by atoms with Crippen LogP contribution in [0.5, 0.6) is 5.75 Å². The second-order valence-electron chi connectivity index (χ2n) is 10.4. The van der Waals surface area contributed by atoms with E-state index in [2.05, 4.69) is 34.3 Å². The number of thiazole rings is 1. The Labute approximate surface area is 205 Å². The predicted octanol–water partition coefficient (Wildman–Crippen LogP) is 5.56. The van der Waals surface area contributed by atoms with E-state index >= 15 is 0 Å². The first-order valence-corrected chi connectivity index (χ1v) is 13.2. The van der Waals surface area contributed by atoms with Crippen molar-refractivity contribution in [1.82, 2.24) is 4.98 Å². The lowest BCUT2D eigenvalue weighted by Crippen LogP contribution is -2.44. The molecule has 2 aromatic rings. The van der Waals surface area contributed by atoms with Gasteiger partial charge in [-0.2, -0.15) is 0 Å². The molecule has 1 aromatic carbocycles. The molecule has 180 valence electrons. The number of nitrogens with one attached hydrogen (secondary N) is 1. The summed E-state index contributed by atoms with van der Waals surface area (Å²) in [5, 5.41) is 3.59. The first-order valence-electron chi connectivity index (χ1n) is 12.3. The van der Waals surface area contributed by atoms with E-state index < -0.39 is 0 Å². The van der Waals surface area contributed by atoms with E-state index in [9.17, 15) is 9.59 Å². The van der Waals surface area contributed by atoms with Gasteiger partial charge < -0.3 is 10.1 Å².